The van der Waals surface area contributed by atoms with E-state index in [2.05, 4.69) is 5.32 Å². The SMILES string of the molecule is Cc1ccc(NC(=O)C2CC(=O)N(c3ccc(C)cc3F)C2)c(C)c1. The van der Waals surface area contributed by atoms with E-state index in [-0.39, 0.29) is 30.5 Å². The maximum Gasteiger partial charge on any atom is 0.229 e. The minimum atomic E-state index is -0.492. The van der Waals surface area contributed by atoms with Crippen molar-refractivity contribution in [2.45, 2.75) is 27.2 Å². The second kappa shape index (κ2) is 6.67. The normalized spacial score (nSPS) is 17.0. The van der Waals surface area contributed by atoms with Gasteiger partial charge in [0.05, 0.1) is 11.6 Å². The molecule has 1 fully saturated rings. The third kappa shape index (κ3) is 3.55. The number of hydrogen-bond donors (Lipinski definition) is 1. The Morgan fingerprint density at radius 2 is 1.80 bits per heavy atom. The van der Waals surface area contributed by atoms with Crippen LogP contribution in [0.3, 0.4) is 0 Å². The Kier molecular flexibility index (Phi) is 4.57. The molecule has 4 nitrogen and oxygen atoms in total. The van der Waals surface area contributed by atoms with Crippen LogP contribution in [0.15, 0.2) is 36.4 Å². The Morgan fingerprint density at radius 1 is 1.12 bits per heavy atom. The molecule has 5 heteroatoms. The number of amides is 2. The van der Waals surface area contributed by atoms with Crippen LogP contribution in [0.5, 0.6) is 0 Å². The van der Waals surface area contributed by atoms with Gasteiger partial charge >= 0.3 is 0 Å². The summed E-state index contributed by atoms with van der Waals surface area (Å²) < 4.78 is 14.1. The molecule has 2 amide bonds. The summed E-state index contributed by atoms with van der Waals surface area (Å²) in [6.45, 7) is 5.90. The molecule has 25 heavy (non-hydrogen) atoms. The lowest BCUT2D eigenvalue weighted by molar-refractivity contribution is -0.122. The number of nitrogens with zero attached hydrogens (tertiary/aromatic N) is 1. The van der Waals surface area contributed by atoms with Gasteiger partial charge in [-0.3, -0.25) is 9.59 Å². The second-order valence-corrected chi connectivity index (χ2v) is 6.67. The van der Waals surface area contributed by atoms with Gasteiger partial charge in [-0.05, 0) is 50.1 Å². The first-order valence-electron chi connectivity index (χ1n) is 8.30. The van der Waals surface area contributed by atoms with Crippen LogP contribution in [0.25, 0.3) is 0 Å². The first kappa shape index (κ1) is 17.1. The van der Waals surface area contributed by atoms with Crippen molar-refractivity contribution in [1.29, 1.82) is 0 Å². The van der Waals surface area contributed by atoms with Crippen LogP contribution in [0, 0.1) is 32.5 Å². The Hall–Kier alpha value is -2.69. The molecule has 1 aliphatic rings. The monoisotopic (exact) mass is 340 g/mol. The molecule has 0 bridgehead atoms. The first-order chi connectivity index (χ1) is 11.8. The van der Waals surface area contributed by atoms with Gasteiger partial charge < -0.3 is 10.2 Å². The van der Waals surface area contributed by atoms with E-state index in [1.165, 1.54) is 11.0 Å². The Labute approximate surface area is 146 Å². The minimum Gasteiger partial charge on any atom is -0.326 e. The highest BCUT2D eigenvalue weighted by atomic mass is 19.1. The highest BCUT2D eigenvalue weighted by Gasteiger charge is 2.36. The van der Waals surface area contributed by atoms with Crippen molar-refractivity contribution in [3.05, 3.63) is 58.9 Å². The van der Waals surface area contributed by atoms with Gasteiger partial charge in [-0.15, -0.1) is 0 Å². The summed E-state index contributed by atoms with van der Waals surface area (Å²) in [5.41, 5.74) is 3.85. The van der Waals surface area contributed by atoms with Crippen LogP contribution < -0.4 is 10.2 Å². The van der Waals surface area contributed by atoms with Gasteiger partial charge in [0.25, 0.3) is 0 Å². The summed E-state index contributed by atoms with van der Waals surface area (Å²) in [7, 11) is 0. The smallest absolute Gasteiger partial charge is 0.229 e. The number of hydrogen-bond acceptors (Lipinski definition) is 2. The number of nitrogens with one attached hydrogen (secondary N) is 1. The number of aryl methyl sites for hydroxylation is 3. The summed E-state index contributed by atoms with van der Waals surface area (Å²) in [5.74, 6) is -1.38. The summed E-state index contributed by atoms with van der Waals surface area (Å²) in [5, 5.41) is 2.88. The Bertz CT molecular complexity index is 848. The maximum absolute atomic E-state index is 14.1. The summed E-state index contributed by atoms with van der Waals surface area (Å²) >= 11 is 0. The van der Waals surface area contributed by atoms with Crippen molar-refractivity contribution >= 4 is 23.2 Å². The van der Waals surface area contributed by atoms with Crippen molar-refractivity contribution in [2.75, 3.05) is 16.8 Å². The highest BCUT2D eigenvalue weighted by molar-refractivity contribution is 6.03. The average Bonchev–Trinajstić information content (AvgIpc) is 2.92. The topological polar surface area (TPSA) is 49.4 Å². The van der Waals surface area contributed by atoms with Gasteiger partial charge in [0.1, 0.15) is 5.82 Å². The fourth-order valence-corrected chi connectivity index (χ4v) is 3.14. The van der Waals surface area contributed by atoms with E-state index in [1.54, 1.807) is 19.1 Å². The zero-order chi connectivity index (χ0) is 18.1. The van der Waals surface area contributed by atoms with Gasteiger partial charge in [0.15, 0.2) is 0 Å². The van der Waals surface area contributed by atoms with E-state index in [4.69, 9.17) is 0 Å². The zero-order valence-electron chi connectivity index (χ0n) is 14.6. The van der Waals surface area contributed by atoms with Crippen LogP contribution in [-0.4, -0.2) is 18.4 Å². The van der Waals surface area contributed by atoms with Crippen molar-refractivity contribution in [2.24, 2.45) is 5.92 Å². The molecule has 0 radical (unpaired) electrons. The number of rotatable bonds is 3. The maximum atomic E-state index is 14.1. The molecule has 1 atom stereocenters. The van der Waals surface area contributed by atoms with Crippen molar-refractivity contribution in [3.63, 3.8) is 0 Å². The Morgan fingerprint density at radius 3 is 2.48 bits per heavy atom. The highest BCUT2D eigenvalue weighted by Crippen LogP contribution is 2.29. The van der Waals surface area contributed by atoms with Crippen LogP contribution in [0.2, 0.25) is 0 Å². The number of carbonyl (C=O) groups excluding carboxylic acids is 2. The third-order valence-corrected chi connectivity index (χ3v) is 4.53. The Balaban J connectivity index is 1.74. The largest absolute Gasteiger partial charge is 0.326 e. The van der Waals surface area contributed by atoms with Crippen LogP contribution in [0.1, 0.15) is 23.1 Å². The van der Waals surface area contributed by atoms with Crippen molar-refractivity contribution in [1.82, 2.24) is 0 Å². The molecule has 1 saturated heterocycles. The molecule has 1 aliphatic heterocycles. The molecule has 0 spiro atoms. The van der Waals surface area contributed by atoms with E-state index in [0.29, 0.717) is 0 Å². The summed E-state index contributed by atoms with van der Waals surface area (Å²) in [4.78, 5) is 26.2. The molecule has 0 aliphatic carbocycles. The van der Waals surface area contributed by atoms with Crippen LogP contribution in [0.4, 0.5) is 15.8 Å². The summed E-state index contributed by atoms with van der Waals surface area (Å²) in [6, 6.07) is 10.5. The third-order valence-electron chi connectivity index (χ3n) is 4.53. The molecule has 1 N–H and O–H groups in total. The van der Waals surface area contributed by atoms with Crippen LogP contribution in [-0.2, 0) is 9.59 Å². The minimum absolute atomic E-state index is 0.0874. The van der Waals surface area contributed by atoms with E-state index in [9.17, 15) is 14.0 Å². The molecule has 3 rings (SSSR count). The molecule has 1 heterocycles. The molecule has 0 aromatic heterocycles. The van der Waals surface area contributed by atoms with Gasteiger partial charge in [-0.1, -0.05) is 23.8 Å². The van der Waals surface area contributed by atoms with Crippen LogP contribution >= 0.6 is 0 Å². The van der Waals surface area contributed by atoms with E-state index < -0.39 is 11.7 Å². The lowest BCUT2D eigenvalue weighted by Gasteiger charge is -2.18. The summed E-state index contributed by atoms with van der Waals surface area (Å²) in [6.07, 6.45) is 0.0874. The number of carbonyl (C=O) groups is 2. The molecule has 2 aromatic carbocycles. The van der Waals surface area contributed by atoms with Gasteiger partial charge in [-0.2, -0.15) is 0 Å². The molecule has 2 aromatic rings. The average molecular weight is 340 g/mol. The molecule has 1 unspecified atom stereocenters. The molecule has 130 valence electrons. The van der Waals surface area contributed by atoms with Gasteiger partial charge in [-0.25, -0.2) is 4.39 Å². The second-order valence-electron chi connectivity index (χ2n) is 6.67. The zero-order valence-corrected chi connectivity index (χ0v) is 14.6. The fourth-order valence-electron chi connectivity index (χ4n) is 3.14. The van der Waals surface area contributed by atoms with E-state index in [1.807, 2.05) is 32.0 Å². The lowest BCUT2D eigenvalue weighted by atomic mass is 10.1. The molecular weight excluding hydrogens is 319 g/mol. The quantitative estimate of drug-likeness (QED) is 0.925. The lowest BCUT2D eigenvalue weighted by Crippen LogP contribution is -2.28. The van der Waals surface area contributed by atoms with Crippen molar-refractivity contribution in [3.8, 4) is 0 Å². The molecule has 0 saturated carbocycles. The number of anilines is 2. The first-order valence-corrected chi connectivity index (χ1v) is 8.30. The fraction of sp³-hybridized carbons (Fsp3) is 0.300. The van der Waals surface area contributed by atoms with Crippen molar-refractivity contribution < 1.29 is 14.0 Å². The predicted molar refractivity (Wildman–Crippen MR) is 96.1 cm³/mol. The van der Waals surface area contributed by atoms with Gasteiger partial charge in [0.2, 0.25) is 11.8 Å². The number of benzene rings is 2. The molecular formula is C20H21FN2O2. The number of halogens is 1. The van der Waals surface area contributed by atoms with Gasteiger partial charge in [0, 0.05) is 18.7 Å². The standard InChI is InChI=1S/C20H21FN2O2/c1-12-4-6-17(14(3)8-12)22-20(25)15-10-19(24)23(11-15)18-7-5-13(2)9-16(18)21/h4-9,15H,10-11H2,1-3H3,(H,22,25). The van der Waals surface area contributed by atoms with E-state index >= 15 is 0 Å². The van der Waals surface area contributed by atoms with E-state index in [0.717, 1.165) is 22.4 Å². The predicted octanol–water partition coefficient (Wildman–Crippen LogP) is 3.74.